The van der Waals surface area contributed by atoms with E-state index in [1.165, 1.54) is 12.1 Å². The van der Waals surface area contributed by atoms with Gasteiger partial charge < -0.3 is 10.6 Å². The summed E-state index contributed by atoms with van der Waals surface area (Å²) >= 11 is 1.14. The van der Waals surface area contributed by atoms with E-state index in [-0.39, 0.29) is 10.1 Å². The van der Waals surface area contributed by atoms with Gasteiger partial charge in [0, 0.05) is 30.0 Å². The number of amides is 1. The fourth-order valence-electron chi connectivity index (χ4n) is 2.53. The molecule has 1 heterocycles. The number of nitrogens with one attached hydrogen (secondary N) is 3. The lowest BCUT2D eigenvalue weighted by molar-refractivity contribution is 0.0953. The zero-order chi connectivity index (χ0) is 19.8. The third-order valence-corrected chi connectivity index (χ3v) is 6.66. The van der Waals surface area contributed by atoms with Crippen molar-refractivity contribution in [1.29, 1.82) is 0 Å². The molecule has 1 amide bonds. The van der Waals surface area contributed by atoms with Gasteiger partial charge in [0.15, 0.2) is 0 Å². The summed E-state index contributed by atoms with van der Waals surface area (Å²) in [5, 5.41) is 7.83. The molecule has 0 aliphatic carbocycles. The van der Waals surface area contributed by atoms with E-state index in [0.717, 1.165) is 30.0 Å². The van der Waals surface area contributed by atoms with Crippen molar-refractivity contribution in [2.24, 2.45) is 0 Å². The molecule has 0 atom stereocenters. The van der Waals surface area contributed by atoms with Crippen LogP contribution in [0, 0.1) is 0 Å². The van der Waals surface area contributed by atoms with Crippen LogP contribution in [-0.2, 0) is 10.0 Å². The highest BCUT2D eigenvalue weighted by Gasteiger charge is 2.16. The first kappa shape index (κ1) is 19.9. The van der Waals surface area contributed by atoms with Crippen molar-refractivity contribution in [3.8, 4) is 0 Å². The Bertz CT molecular complexity index is 1000. The standard InChI is InChI=1S/C20H21N3O3S2/c24-20(22-13-6-12-21-17-8-2-1-3-9-17)16-7-4-10-18(15-16)23-28(25,26)19-11-5-14-27-19/h1-5,7-11,14-15,21,23H,6,12-13H2,(H,22,24). The predicted molar refractivity (Wildman–Crippen MR) is 113 cm³/mol. The van der Waals surface area contributed by atoms with Crippen molar-refractivity contribution in [2.75, 3.05) is 23.1 Å². The van der Waals surface area contributed by atoms with Crippen LogP contribution in [0.4, 0.5) is 11.4 Å². The van der Waals surface area contributed by atoms with Crippen LogP contribution >= 0.6 is 11.3 Å². The van der Waals surface area contributed by atoms with Crippen LogP contribution in [0.15, 0.2) is 76.3 Å². The van der Waals surface area contributed by atoms with E-state index in [0.29, 0.717) is 17.8 Å². The number of para-hydroxylation sites is 1. The van der Waals surface area contributed by atoms with Crippen molar-refractivity contribution in [1.82, 2.24) is 5.32 Å². The lowest BCUT2D eigenvalue weighted by atomic mass is 10.2. The lowest BCUT2D eigenvalue weighted by Gasteiger charge is -2.10. The summed E-state index contributed by atoms with van der Waals surface area (Å²) < 4.78 is 27.3. The van der Waals surface area contributed by atoms with E-state index >= 15 is 0 Å². The number of sulfonamides is 1. The average Bonchev–Trinajstić information content (AvgIpc) is 3.24. The summed E-state index contributed by atoms with van der Waals surface area (Å²) in [5.74, 6) is -0.239. The molecule has 1 aromatic heterocycles. The summed E-state index contributed by atoms with van der Waals surface area (Å²) in [6, 6.07) is 19.5. The summed E-state index contributed by atoms with van der Waals surface area (Å²) in [6.45, 7) is 1.26. The summed E-state index contributed by atoms with van der Waals surface area (Å²) in [6.07, 6.45) is 0.769. The highest BCUT2D eigenvalue weighted by Crippen LogP contribution is 2.20. The number of carbonyl (C=O) groups excluding carboxylic acids is 1. The number of thiophene rings is 1. The summed E-state index contributed by atoms with van der Waals surface area (Å²) in [4.78, 5) is 12.3. The third-order valence-electron chi connectivity index (χ3n) is 3.88. The molecular weight excluding hydrogens is 394 g/mol. The molecule has 3 N–H and O–H groups in total. The molecule has 6 nitrogen and oxygen atoms in total. The molecule has 0 saturated carbocycles. The molecule has 0 saturated heterocycles. The van der Waals surface area contributed by atoms with Gasteiger partial charge in [-0.15, -0.1) is 11.3 Å². The van der Waals surface area contributed by atoms with Crippen LogP contribution in [0.5, 0.6) is 0 Å². The van der Waals surface area contributed by atoms with Crippen molar-refractivity contribution < 1.29 is 13.2 Å². The minimum atomic E-state index is -3.63. The minimum Gasteiger partial charge on any atom is -0.385 e. The fraction of sp³-hybridized carbons (Fsp3) is 0.150. The first-order chi connectivity index (χ1) is 13.5. The fourth-order valence-corrected chi connectivity index (χ4v) is 4.57. The second-order valence-electron chi connectivity index (χ2n) is 6.02. The minimum absolute atomic E-state index is 0.230. The maximum atomic E-state index is 12.3. The van der Waals surface area contributed by atoms with Crippen LogP contribution in [0.1, 0.15) is 16.8 Å². The molecule has 3 rings (SSSR count). The van der Waals surface area contributed by atoms with Crippen LogP contribution in [0.2, 0.25) is 0 Å². The van der Waals surface area contributed by atoms with Gasteiger partial charge in [-0.05, 0) is 48.2 Å². The van der Waals surface area contributed by atoms with Gasteiger partial charge in [0.2, 0.25) is 0 Å². The largest absolute Gasteiger partial charge is 0.385 e. The molecule has 0 unspecified atom stereocenters. The number of carbonyl (C=O) groups is 1. The Labute approximate surface area is 168 Å². The molecule has 28 heavy (non-hydrogen) atoms. The van der Waals surface area contributed by atoms with Gasteiger partial charge in [0.1, 0.15) is 4.21 Å². The first-order valence-corrected chi connectivity index (χ1v) is 11.1. The van der Waals surface area contributed by atoms with Crippen molar-refractivity contribution in [3.63, 3.8) is 0 Å². The maximum absolute atomic E-state index is 12.3. The molecule has 8 heteroatoms. The van der Waals surface area contributed by atoms with Gasteiger partial charge in [0.05, 0.1) is 0 Å². The van der Waals surface area contributed by atoms with Gasteiger partial charge in [-0.3, -0.25) is 9.52 Å². The number of benzene rings is 2. The third kappa shape index (κ3) is 5.58. The Balaban J connectivity index is 1.50. The SMILES string of the molecule is O=C(NCCCNc1ccccc1)c1cccc(NS(=O)(=O)c2cccs2)c1. The molecule has 0 aliphatic heterocycles. The van der Waals surface area contributed by atoms with Gasteiger partial charge in [-0.25, -0.2) is 8.42 Å². The Morgan fingerprint density at radius 1 is 0.893 bits per heavy atom. The zero-order valence-corrected chi connectivity index (χ0v) is 16.7. The molecule has 0 spiro atoms. The van der Waals surface area contributed by atoms with Crippen LogP contribution in [0.3, 0.4) is 0 Å². The molecule has 0 bridgehead atoms. The second-order valence-corrected chi connectivity index (χ2v) is 8.88. The number of hydrogen-bond donors (Lipinski definition) is 3. The van der Waals surface area contributed by atoms with Gasteiger partial charge in [0.25, 0.3) is 15.9 Å². The Hall–Kier alpha value is -2.84. The number of anilines is 2. The Morgan fingerprint density at radius 2 is 1.68 bits per heavy atom. The lowest BCUT2D eigenvalue weighted by Crippen LogP contribution is -2.26. The van der Waals surface area contributed by atoms with E-state index in [9.17, 15) is 13.2 Å². The van der Waals surface area contributed by atoms with E-state index < -0.39 is 10.0 Å². The quantitative estimate of drug-likeness (QED) is 0.464. The second kappa shape index (κ2) is 9.38. The summed E-state index contributed by atoms with van der Waals surface area (Å²) in [5.41, 5.74) is 1.80. The van der Waals surface area contributed by atoms with Crippen LogP contribution in [0.25, 0.3) is 0 Å². The van der Waals surface area contributed by atoms with Gasteiger partial charge >= 0.3 is 0 Å². The van der Waals surface area contributed by atoms with Gasteiger partial charge in [-0.2, -0.15) is 0 Å². The van der Waals surface area contributed by atoms with Crippen molar-refractivity contribution in [3.05, 3.63) is 77.7 Å². The van der Waals surface area contributed by atoms with Crippen LogP contribution in [-0.4, -0.2) is 27.4 Å². The normalized spacial score (nSPS) is 11.0. The first-order valence-electron chi connectivity index (χ1n) is 8.78. The van der Waals surface area contributed by atoms with Crippen molar-refractivity contribution >= 4 is 38.6 Å². The van der Waals surface area contributed by atoms with Gasteiger partial charge in [-0.1, -0.05) is 30.3 Å². The van der Waals surface area contributed by atoms with E-state index in [1.54, 1.807) is 29.6 Å². The smallest absolute Gasteiger partial charge is 0.271 e. The molecular formula is C20H21N3O3S2. The van der Waals surface area contributed by atoms with E-state index in [1.807, 2.05) is 30.3 Å². The monoisotopic (exact) mass is 415 g/mol. The predicted octanol–water partition coefficient (Wildman–Crippen LogP) is 3.78. The molecule has 146 valence electrons. The van der Waals surface area contributed by atoms with E-state index in [2.05, 4.69) is 15.4 Å². The van der Waals surface area contributed by atoms with Crippen LogP contribution < -0.4 is 15.4 Å². The topological polar surface area (TPSA) is 87.3 Å². The Morgan fingerprint density at radius 3 is 2.43 bits per heavy atom. The molecule has 0 fully saturated rings. The molecule has 0 radical (unpaired) electrons. The molecule has 2 aromatic carbocycles. The molecule has 0 aliphatic rings. The number of rotatable bonds is 9. The maximum Gasteiger partial charge on any atom is 0.271 e. The van der Waals surface area contributed by atoms with Crippen molar-refractivity contribution in [2.45, 2.75) is 10.6 Å². The Kier molecular flexibility index (Phi) is 6.67. The average molecular weight is 416 g/mol. The molecule has 3 aromatic rings. The zero-order valence-electron chi connectivity index (χ0n) is 15.1. The highest BCUT2D eigenvalue weighted by atomic mass is 32.2. The van der Waals surface area contributed by atoms with E-state index in [4.69, 9.17) is 0 Å². The number of hydrogen-bond acceptors (Lipinski definition) is 5. The highest BCUT2D eigenvalue weighted by molar-refractivity contribution is 7.94. The summed E-state index contributed by atoms with van der Waals surface area (Å²) in [7, 11) is -3.63.